The van der Waals surface area contributed by atoms with Crippen LogP contribution in [-0.4, -0.2) is 48.1 Å². The molecule has 1 saturated heterocycles. The van der Waals surface area contributed by atoms with Crippen molar-refractivity contribution >= 4 is 17.7 Å². The van der Waals surface area contributed by atoms with Crippen LogP contribution < -0.4 is 0 Å². The average molecular weight is 410 g/mol. The van der Waals surface area contributed by atoms with Gasteiger partial charge in [0.05, 0.1) is 12.4 Å². The highest BCUT2D eigenvalue weighted by Gasteiger charge is 2.15. The summed E-state index contributed by atoms with van der Waals surface area (Å²) in [6, 6.07) is 4.11. The van der Waals surface area contributed by atoms with Crippen molar-refractivity contribution in [2.45, 2.75) is 76.3 Å². The minimum Gasteiger partial charge on any atom is -0.465 e. The van der Waals surface area contributed by atoms with Crippen LogP contribution >= 0.6 is 11.8 Å². The van der Waals surface area contributed by atoms with E-state index in [4.69, 9.17) is 14.2 Å². The van der Waals surface area contributed by atoms with Crippen molar-refractivity contribution in [3.63, 3.8) is 0 Å². The number of ether oxygens (including phenoxy) is 3. The maximum atomic E-state index is 11.7. The summed E-state index contributed by atoms with van der Waals surface area (Å²) < 4.78 is 16.5. The quantitative estimate of drug-likeness (QED) is 0.325. The zero-order valence-electron chi connectivity index (χ0n) is 17.1. The van der Waals surface area contributed by atoms with E-state index in [-0.39, 0.29) is 12.3 Å². The molecule has 0 radical (unpaired) electrons. The van der Waals surface area contributed by atoms with E-state index < -0.39 is 0 Å². The molecule has 1 aromatic rings. The summed E-state index contributed by atoms with van der Waals surface area (Å²) in [7, 11) is 0. The second-order valence-electron chi connectivity index (χ2n) is 7.15. The van der Waals surface area contributed by atoms with E-state index in [2.05, 4.69) is 11.1 Å². The third-order valence-corrected chi connectivity index (χ3v) is 6.16. The minimum absolute atomic E-state index is 0.00205. The highest BCUT2D eigenvalue weighted by molar-refractivity contribution is 8.00. The number of carbonyl (C=O) groups excluding carboxylic acids is 1. The molecule has 158 valence electrons. The monoisotopic (exact) mass is 409 g/mol. The van der Waals surface area contributed by atoms with Gasteiger partial charge in [-0.05, 0) is 69.9 Å². The molecule has 6 heteroatoms. The number of hydrogen-bond acceptors (Lipinski definition) is 6. The summed E-state index contributed by atoms with van der Waals surface area (Å²) in [6.07, 6.45) is 13.6. The molecule has 0 N–H and O–H groups in total. The molecular weight excluding hydrogens is 374 g/mol. The minimum atomic E-state index is -0.109. The Balaban J connectivity index is 1.64. The number of aryl methyl sites for hydroxylation is 1. The van der Waals surface area contributed by atoms with E-state index in [1.807, 2.05) is 25.4 Å². The first-order valence-corrected chi connectivity index (χ1v) is 11.7. The van der Waals surface area contributed by atoms with E-state index in [0.717, 1.165) is 64.6 Å². The Morgan fingerprint density at radius 3 is 2.96 bits per heavy atom. The molecule has 28 heavy (non-hydrogen) atoms. The first kappa shape index (κ1) is 23.2. The molecule has 0 spiro atoms. The van der Waals surface area contributed by atoms with Gasteiger partial charge in [0.2, 0.25) is 0 Å². The lowest BCUT2D eigenvalue weighted by Crippen LogP contribution is -2.22. The molecule has 2 atom stereocenters. The molecule has 1 aliphatic heterocycles. The Morgan fingerprint density at radius 1 is 1.32 bits per heavy atom. The van der Waals surface area contributed by atoms with Crippen molar-refractivity contribution in [1.82, 2.24) is 4.98 Å². The molecule has 5 nitrogen and oxygen atoms in total. The topological polar surface area (TPSA) is 57.7 Å². The van der Waals surface area contributed by atoms with Gasteiger partial charge in [-0.1, -0.05) is 12.5 Å². The summed E-state index contributed by atoms with van der Waals surface area (Å²) in [5, 5.41) is 0.479. The molecule has 2 heterocycles. The largest absolute Gasteiger partial charge is 0.465 e. The smallest absolute Gasteiger partial charge is 0.315 e. The second-order valence-corrected chi connectivity index (χ2v) is 8.44. The van der Waals surface area contributed by atoms with Crippen LogP contribution in [0.1, 0.15) is 63.9 Å². The summed E-state index contributed by atoms with van der Waals surface area (Å²) in [6.45, 7) is 3.89. The summed E-state index contributed by atoms with van der Waals surface area (Å²) >= 11 is 1.74. The molecule has 2 unspecified atom stereocenters. The molecule has 1 aliphatic rings. The standard InChI is InChI=1S/C22H35NO4S/c1-2-25-21(24)18-28-20(12-7-9-19-10-8-14-23-17-19)11-3-5-15-26-22-13-4-6-16-27-22/h8,10,14,17,20,22H,2-7,9,11-13,15-16,18H2,1H3. The Labute approximate surface area is 173 Å². The van der Waals surface area contributed by atoms with Crippen LogP contribution in [0, 0.1) is 0 Å². The van der Waals surface area contributed by atoms with Crippen LogP contribution in [0.15, 0.2) is 24.5 Å². The normalized spacial score (nSPS) is 18.0. The third kappa shape index (κ3) is 10.4. The predicted octanol–water partition coefficient (Wildman–Crippen LogP) is 4.78. The fraction of sp³-hybridized carbons (Fsp3) is 0.727. The molecule has 0 saturated carbocycles. The van der Waals surface area contributed by atoms with E-state index >= 15 is 0 Å². The van der Waals surface area contributed by atoms with Crippen LogP contribution in [0.4, 0.5) is 0 Å². The van der Waals surface area contributed by atoms with Crippen LogP contribution in [0.25, 0.3) is 0 Å². The summed E-state index contributed by atoms with van der Waals surface area (Å²) in [4.78, 5) is 15.9. The molecule has 0 aliphatic carbocycles. The summed E-state index contributed by atoms with van der Waals surface area (Å²) in [5.74, 6) is 0.334. The van der Waals surface area contributed by atoms with Crippen molar-refractivity contribution < 1.29 is 19.0 Å². The fourth-order valence-corrected chi connectivity index (χ4v) is 4.43. The van der Waals surface area contributed by atoms with Gasteiger partial charge in [-0.25, -0.2) is 0 Å². The summed E-state index contributed by atoms with van der Waals surface area (Å²) in [5.41, 5.74) is 1.28. The van der Waals surface area contributed by atoms with E-state index in [1.54, 1.807) is 11.8 Å². The van der Waals surface area contributed by atoms with Gasteiger partial charge in [0.1, 0.15) is 0 Å². The van der Waals surface area contributed by atoms with Crippen molar-refractivity contribution in [3.8, 4) is 0 Å². The van der Waals surface area contributed by atoms with Crippen molar-refractivity contribution in [2.24, 2.45) is 0 Å². The van der Waals surface area contributed by atoms with Crippen LogP contribution in [0.2, 0.25) is 0 Å². The Kier molecular flexibility index (Phi) is 12.3. The Bertz CT molecular complexity index is 523. The predicted molar refractivity (Wildman–Crippen MR) is 113 cm³/mol. The van der Waals surface area contributed by atoms with E-state index in [1.165, 1.54) is 12.0 Å². The number of aromatic nitrogens is 1. The van der Waals surface area contributed by atoms with Crippen molar-refractivity contribution in [1.29, 1.82) is 0 Å². The molecule has 0 amide bonds. The SMILES string of the molecule is CCOC(=O)CSC(CCCCOC1CCCCO1)CCCc1cccnc1. The van der Waals surface area contributed by atoms with Gasteiger partial charge in [0.15, 0.2) is 6.29 Å². The Morgan fingerprint density at radius 2 is 2.21 bits per heavy atom. The van der Waals surface area contributed by atoms with E-state index in [9.17, 15) is 4.79 Å². The molecule has 2 rings (SSSR count). The number of nitrogens with zero attached hydrogens (tertiary/aromatic N) is 1. The van der Waals surface area contributed by atoms with Crippen molar-refractivity contribution in [2.75, 3.05) is 25.6 Å². The fourth-order valence-electron chi connectivity index (χ4n) is 3.31. The lowest BCUT2D eigenvalue weighted by atomic mass is 10.1. The van der Waals surface area contributed by atoms with Gasteiger partial charge in [0.25, 0.3) is 0 Å². The number of thioether (sulfide) groups is 1. The van der Waals surface area contributed by atoms with Crippen LogP contribution in [0.3, 0.4) is 0 Å². The molecule has 1 aromatic heterocycles. The van der Waals surface area contributed by atoms with Crippen LogP contribution in [-0.2, 0) is 25.4 Å². The highest BCUT2D eigenvalue weighted by Crippen LogP contribution is 2.24. The van der Waals surface area contributed by atoms with Gasteiger partial charge in [-0.3, -0.25) is 9.78 Å². The van der Waals surface area contributed by atoms with Gasteiger partial charge < -0.3 is 14.2 Å². The van der Waals surface area contributed by atoms with Crippen molar-refractivity contribution in [3.05, 3.63) is 30.1 Å². The second kappa shape index (κ2) is 14.8. The van der Waals surface area contributed by atoms with Gasteiger partial charge >= 0.3 is 5.97 Å². The molecular formula is C22H35NO4S. The average Bonchev–Trinajstić information content (AvgIpc) is 2.73. The number of rotatable bonds is 14. The molecule has 0 bridgehead atoms. The van der Waals surface area contributed by atoms with Crippen LogP contribution in [0.5, 0.6) is 0 Å². The van der Waals surface area contributed by atoms with Gasteiger partial charge in [0, 0.05) is 30.9 Å². The number of esters is 1. The number of unbranched alkanes of at least 4 members (excludes halogenated alkanes) is 1. The van der Waals surface area contributed by atoms with Gasteiger partial charge in [-0.15, -0.1) is 11.8 Å². The lowest BCUT2D eigenvalue weighted by molar-refractivity contribution is -0.162. The zero-order valence-corrected chi connectivity index (χ0v) is 18.0. The first-order chi connectivity index (χ1) is 13.8. The third-order valence-electron chi connectivity index (χ3n) is 4.82. The maximum Gasteiger partial charge on any atom is 0.315 e. The molecule has 0 aromatic carbocycles. The highest BCUT2D eigenvalue weighted by atomic mass is 32.2. The Hall–Kier alpha value is -1.11. The van der Waals surface area contributed by atoms with E-state index in [0.29, 0.717) is 17.6 Å². The number of carbonyl (C=O) groups is 1. The number of hydrogen-bond donors (Lipinski definition) is 0. The zero-order chi connectivity index (χ0) is 19.9. The molecule has 1 fully saturated rings. The number of pyridine rings is 1. The maximum absolute atomic E-state index is 11.7. The first-order valence-electron chi connectivity index (χ1n) is 10.7. The lowest BCUT2D eigenvalue weighted by Gasteiger charge is -2.22. The van der Waals surface area contributed by atoms with Gasteiger partial charge in [-0.2, -0.15) is 0 Å².